The number of carbonyl (C=O) groups excluding carboxylic acids is 2. The average molecular weight is 389 g/mol. The number of ether oxygens (including phenoxy) is 2. The number of anilines is 1. The Balaban J connectivity index is 1.52. The van der Waals surface area contributed by atoms with Gasteiger partial charge >= 0.3 is 0 Å². The number of hydrogen-bond acceptors (Lipinski definition) is 5. The zero-order chi connectivity index (χ0) is 20.1. The second-order valence-corrected chi connectivity index (χ2v) is 6.51. The van der Waals surface area contributed by atoms with Gasteiger partial charge in [0.25, 0.3) is 5.91 Å². The monoisotopic (exact) mass is 389 g/mol. The molecule has 7 heteroatoms. The average Bonchev–Trinajstić information content (AvgIpc) is 3.22. The van der Waals surface area contributed by atoms with Crippen LogP contribution in [0.15, 0.2) is 73.1 Å². The van der Waals surface area contributed by atoms with Gasteiger partial charge in [-0.1, -0.05) is 30.3 Å². The van der Waals surface area contributed by atoms with Gasteiger partial charge in [-0.05, 0) is 29.8 Å². The van der Waals surface area contributed by atoms with Crippen molar-refractivity contribution in [1.29, 1.82) is 0 Å². The molecule has 2 aromatic carbocycles. The Morgan fingerprint density at radius 3 is 2.62 bits per heavy atom. The number of hydrogen-bond donors (Lipinski definition) is 2. The van der Waals surface area contributed by atoms with Crippen LogP contribution in [0, 0.1) is 0 Å². The lowest BCUT2D eigenvalue weighted by atomic mass is 10.0. The van der Waals surface area contributed by atoms with Crippen LogP contribution in [0.25, 0.3) is 0 Å². The third-order valence-electron chi connectivity index (χ3n) is 4.47. The van der Waals surface area contributed by atoms with Gasteiger partial charge in [-0.2, -0.15) is 0 Å². The third-order valence-corrected chi connectivity index (χ3v) is 4.47. The van der Waals surface area contributed by atoms with Crippen LogP contribution in [0.5, 0.6) is 11.5 Å². The smallest absolute Gasteiger partial charge is 0.253 e. The van der Waals surface area contributed by atoms with Gasteiger partial charge in [-0.3, -0.25) is 14.6 Å². The molecular formula is C22H19N3O4. The molecule has 2 N–H and O–H groups in total. The Labute approximate surface area is 167 Å². The van der Waals surface area contributed by atoms with Crippen molar-refractivity contribution in [2.75, 3.05) is 12.1 Å². The van der Waals surface area contributed by atoms with E-state index in [1.807, 2.05) is 30.3 Å². The highest BCUT2D eigenvalue weighted by molar-refractivity contribution is 6.01. The van der Waals surface area contributed by atoms with Crippen molar-refractivity contribution in [2.45, 2.75) is 12.5 Å². The number of amides is 2. The fourth-order valence-electron chi connectivity index (χ4n) is 3.00. The maximum Gasteiger partial charge on any atom is 0.253 e. The molecule has 0 bridgehead atoms. The van der Waals surface area contributed by atoms with E-state index in [-0.39, 0.29) is 18.6 Å². The van der Waals surface area contributed by atoms with Crippen LogP contribution in [0.3, 0.4) is 0 Å². The Hall–Kier alpha value is -3.87. The highest BCUT2D eigenvalue weighted by Crippen LogP contribution is 2.34. The van der Waals surface area contributed by atoms with E-state index in [9.17, 15) is 9.59 Å². The second-order valence-electron chi connectivity index (χ2n) is 6.51. The first-order valence-electron chi connectivity index (χ1n) is 9.14. The van der Waals surface area contributed by atoms with E-state index >= 15 is 0 Å². The van der Waals surface area contributed by atoms with E-state index in [2.05, 4.69) is 15.6 Å². The molecular weight excluding hydrogens is 370 g/mol. The van der Waals surface area contributed by atoms with E-state index in [1.54, 1.807) is 36.5 Å². The van der Waals surface area contributed by atoms with Crippen LogP contribution in [-0.2, 0) is 11.2 Å². The molecule has 0 saturated heterocycles. The summed E-state index contributed by atoms with van der Waals surface area (Å²) in [6.07, 6.45) is 3.40. The summed E-state index contributed by atoms with van der Waals surface area (Å²) in [4.78, 5) is 29.5. The first-order chi connectivity index (χ1) is 14.2. The van der Waals surface area contributed by atoms with Gasteiger partial charge in [-0.25, -0.2) is 0 Å². The minimum absolute atomic E-state index is 0.157. The molecule has 1 atom stereocenters. The maximum atomic E-state index is 13.0. The first kappa shape index (κ1) is 18.5. The Bertz CT molecular complexity index is 1010. The van der Waals surface area contributed by atoms with E-state index in [0.29, 0.717) is 29.2 Å². The van der Waals surface area contributed by atoms with Crippen LogP contribution in [0.4, 0.5) is 5.69 Å². The van der Waals surface area contributed by atoms with Gasteiger partial charge in [0.1, 0.15) is 6.04 Å². The number of fused-ring (bicyclic) bond motifs is 1. The van der Waals surface area contributed by atoms with Crippen LogP contribution in [0.2, 0.25) is 0 Å². The quantitative estimate of drug-likeness (QED) is 0.677. The summed E-state index contributed by atoms with van der Waals surface area (Å²) in [5, 5.41) is 5.65. The second kappa shape index (κ2) is 8.43. The van der Waals surface area contributed by atoms with Crippen LogP contribution in [-0.4, -0.2) is 29.6 Å². The van der Waals surface area contributed by atoms with Gasteiger partial charge in [-0.15, -0.1) is 0 Å². The molecule has 0 aliphatic carbocycles. The Kier molecular flexibility index (Phi) is 5.38. The van der Waals surface area contributed by atoms with Crippen molar-refractivity contribution in [2.24, 2.45) is 0 Å². The van der Waals surface area contributed by atoms with Crippen molar-refractivity contribution >= 4 is 17.5 Å². The zero-order valence-electron chi connectivity index (χ0n) is 15.5. The summed E-state index contributed by atoms with van der Waals surface area (Å²) in [5.74, 6) is 0.514. The molecule has 0 fully saturated rings. The predicted molar refractivity (Wildman–Crippen MR) is 107 cm³/mol. The molecule has 146 valence electrons. The lowest BCUT2D eigenvalue weighted by Gasteiger charge is -2.19. The zero-order valence-corrected chi connectivity index (χ0v) is 15.5. The number of aromatic nitrogens is 1. The van der Waals surface area contributed by atoms with Gasteiger partial charge in [0.15, 0.2) is 11.5 Å². The normalized spacial score (nSPS) is 12.8. The fourth-order valence-corrected chi connectivity index (χ4v) is 3.00. The first-order valence-corrected chi connectivity index (χ1v) is 9.14. The molecule has 7 nitrogen and oxygen atoms in total. The summed E-state index contributed by atoms with van der Waals surface area (Å²) in [7, 11) is 0. The summed E-state index contributed by atoms with van der Waals surface area (Å²) < 4.78 is 10.6. The van der Waals surface area contributed by atoms with Crippen molar-refractivity contribution in [3.63, 3.8) is 0 Å². The van der Waals surface area contributed by atoms with Crippen molar-refractivity contribution in [1.82, 2.24) is 10.3 Å². The predicted octanol–water partition coefficient (Wildman–Crippen LogP) is 2.79. The molecule has 29 heavy (non-hydrogen) atoms. The van der Waals surface area contributed by atoms with E-state index in [0.717, 1.165) is 5.56 Å². The minimum Gasteiger partial charge on any atom is -0.454 e. The summed E-state index contributed by atoms with van der Waals surface area (Å²) in [6, 6.07) is 17.2. The lowest BCUT2D eigenvalue weighted by molar-refractivity contribution is -0.118. The van der Waals surface area contributed by atoms with E-state index in [1.165, 1.54) is 6.20 Å². The van der Waals surface area contributed by atoms with Gasteiger partial charge < -0.3 is 20.1 Å². The van der Waals surface area contributed by atoms with E-state index < -0.39 is 6.04 Å². The standard InChI is InChI=1S/C22H19N3O4/c26-21(16-7-4-10-23-13-16)25-18(11-15-5-2-1-3-6-15)22(27)24-17-8-9-19-20(12-17)29-14-28-19/h1-10,12-13,18H,11,14H2,(H,24,27)(H,25,26)/t18-/m1/s1. The topological polar surface area (TPSA) is 89.6 Å². The molecule has 2 heterocycles. The van der Waals surface area contributed by atoms with Crippen molar-refractivity contribution in [3.05, 3.63) is 84.2 Å². The highest BCUT2D eigenvalue weighted by Gasteiger charge is 2.23. The summed E-state index contributed by atoms with van der Waals surface area (Å²) in [5.41, 5.74) is 1.89. The SMILES string of the molecule is O=C(N[C@H](Cc1ccccc1)C(=O)Nc1ccc2c(c1)OCO2)c1cccnc1. The largest absolute Gasteiger partial charge is 0.454 e. The number of nitrogens with one attached hydrogen (secondary N) is 2. The molecule has 0 spiro atoms. The Morgan fingerprint density at radius 1 is 1.00 bits per heavy atom. The van der Waals surface area contributed by atoms with Crippen molar-refractivity contribution < 1.29 is 19.1 Å². The fraction of sp³-hybridized carbons (Fsp3) is 0.136. The molecule has 0 radical (unpaired) electrons. The third kappa shape index (κ3) is 4.52. The maximum absolute atomic E-state index is 13.0. The van der Waals surface area contributed by atoms with Crippen LogP contribution in [0.1, 0.15) is 15.9 Å². The molecule has 1 aliphatic rings. The van der Waals surface area contributed by atoms with Gasteiger partial charge in [0.05, 0.1) is 5.56 Å². The summed E-state index contributed by atoms with van der Waals surface area (Å²) in [6.45, 7) is 0.157. The minimum atomic E-state index is -0.768. The van der Waals surface area contributed by atoms with Gasteiger partial charge in [0.2, 0.25) is 12.7 Å². The van der Waals surface area contributed by atoms with E-state index in [4.69, 9.17) is 9.47 Å². The number of nitrogens with zero attached hydrogens (tertiary/aromatic N) is 1. The van der Waals surface area contributed by atoms with Gasteiger partial charge in [0, 0.05) is 30.6 Å². The number of benzene rings is 2. The number of rotatable bonds is 6. The molecule has 2 amide bonds. The summed E-state index contributed by atoms with van der Waals surface area (Å²) >= 11 is 0. The Morgan fingerprint density at radius 2 is 1.83 bits per heavy atom. The molecule has 1 aromatic heterocycles. The van der Waals surface area contributed by atoms with Crippen LogP contribution < -0.4 is 20.1 Å². The molecule has 0 saturated carbocycles. The van der Waals surface area contributed by atoms with Crippen molar-refractivity contribution in [3.8, 4) is 11.5 Å². The number of pyridine rings is 1. The lowest BCUT2D eigenvalue weighted by Crippen LogP contribution is -2.45. The highest BCUT2D eigenvalue weighted by atomic mass is 16.7. The number of carbonyl (C=O) groups is 2. The molecule has 0 unspecified atom stereocenters. The molecule has 4 rings (SSSR count). The van der Waals surface area contributed by atoms with Crippen LogP contribution >= 0.6 is 0 Å². The molecule has 3 aromatic rings. The molecule has 1 aliphatic heterocycles.